The van der Waals surface area contributed by atoms with Crippen molar-refractivity contribution in [2.45, 2.75) is 406 Å². The highest BCUT2D eigenvalue weighted by molar-refractivity contribution is 5.71. The van der Waals surface area contributed by atoms with Crippen molar-refractivity contribution in [2.24, 2.45) is 0 Å². The zero-order chi connectivity index (χ0) is 56.4. The number of carbonyl (C=O) groups is 3. The molecule has 0 heterocycles. The third-order valence-corrected chi connectivity index (χ3v) is 16.2. The molecular formula is C72H136O6. The van der Waals surface area contributed by atoms with Gasteiger partial charge >= 0.3 is 17.9 Å². The summed E-state index contributed by atoms with van der Waals surface area (Å²) >= 11 is 0. The van der Waals surface area contributed by atoms with E-state index in [9.17, 15) is 14.4 Å². The standard InChI is InChI=1S/C72H136O6/c1-4-7-10-13-15-17-19-21-23-25-27-29-30-31-32-33-34-35-36-37-38-39-40-41-42-43-45-46-48-50-52-54-56-59-62-65-71(74)77-68-69(67-76-70(73)64-61-58-12-9-6-3)78-72(75)66-63-60-57-55-53-51-49-47-44-28-26-24-22-20-18-16-14-11-8-5-2/h19,21,25,27,69H,4-18,20,22-24,26,28-68H2,1-3H3/b21-19-,27-25-. The average Bonchev–Trinajstić information content (AvgIpc) is 3.44. The molecule has 0 N–H and O–H groups in total. The summed E-state index contributed by atoms with van der Waals surface area (Å²) in [5, 5.41) is 0. The SMILES string of the molecule is CCCCCCC/C=C\C/C=C\CCCCCCCCCCCCCCCCCCCCCCCCCC(=O)OCC(COC(=O)CCCCCCC)OC(=O)CCCCCCCCCCCCCCCCCCCCCC. The number of esters is 3. The highest BCUT2D eigenvalue weighted by Gasteiger charge is 2.19. The first-order valence-corrected chi connectivity index (χ1v) is 35.3. The maximum atomic E-state index is 12.8. The van der Waals surface area contributed by atoms with Gasteiger partial charge in [-0.15, -0.1) is 0 Å². The maximum absolute atomic E-state index is 12.8. The van der Waals surface area contributed by atoms with E-state index in [2.05, 4.69) is 45.1 Å². The highest BCUT2D eigenvalue weighted by Crippen LogP contribution is 2.19. The Bertz CT molecular complexity index is 1260. The molecule has 460 valence electrons. The molecule has 0 aromatic heterocycles. The molecule has 0 fully saturated rings. The van der Waals surface area contributed by atoms with Crippen LogP contribution in [0.5, 0.6) is 0 Å². The van der Waals surface area contributed by atoms with Crippen LogP contribution in [0.25, 0.3) is 0 Å². The van der Waals surface area contributed by atoms with Crippen LogP contribution in [0.4, 0.5) is 0 Å². The summed E-state index contributed by atoms with van der Waals surface area (Å²) in [4.78, 5) is 38.0. The van der Waals surface area contributed by atoms with Gasteiger partial charge in [-0.1, -0.05) is 353 Å². The number of allylic oxidation sites excluding steroid dienone is 4. The fourth-order valence-corrected chi connectivity index (χ4v) is 10.9. The molecule has 0 saturated carbocycles. The van der Waals surface area contributed by atoms with Gasteiger partial charge in [0.25, 0.3) is 0 Å². The minimum Gasteiger partial charge on any atom is -0.462 e. The van der Waals surface area contributed by atoms with Crippen molar-refractivity contribution in [3.05, 3.63) is 24.3 Å². The Morgan fingerprint density at radius 2 is 0.462 bits per heavy atom. The molecule has 0 aromatic rings. The Labute approximate surface area is 487 Å². The van der Waals surface area contributed by atoms with E-state index >= 15 is 0 Å². The van der Waals surface area contributed by atoms with Crippen molar-refractivity contribution in [3.63, 3.8) is 0 Å². The molecule has 6 heteroatoms. The number of unbranched alkanes of at least 4 members (excludes halogenated alkanes) is 51. The van der Waals surface area contributed by atoms with E-state index in [4.69, 9.17) is 14.2 Å². The number of carbonyl (C=O) groups excluding carboxylic acids is 3. The number of ether oxygens (including phenoxy) is 3. The zero-order valence-corrected chi connectivity index (χ0v) is 53.0. The van der Waals surface area contributed by atoms with E-state index in [1.165, 1.54) is 289 Å². The molecule has 0 saturated heterocycles. The molecular weight excluding hydrogens is 961 g/mol. The molecule has 0 radical (unpaired) electrons. The Morgan fingerprint density at radius 1 is 0.256 bits per heavy atom. The van der Waals surface area contributed by atoms with Gasteiger partial charge in [0.05, 0.1) is 0 Å². The zero-order valence-electron chi connectivity index (χ0n) is 53.0. The number of hydrogen-bond donors (Lipinski definition) is 0. The summed E-state index contributed by atoms with van der Waals surface area (Å²) < 4.78 is 16.8. The van der Waals surface area contributed by atoms with Gasteiger partial charge < -0.3 is 14.2 Å². The first-order valence-electron chi connectivity index (χ1n) is 35.3. The monoisotopic (exact) mass is 1100 g/mol. The summed E-state index contributed by atoms with van der Waals surface area (Å²) in [6.07, 6.45) is 82.8. The Balaban J connectivity index is 3.85. The first kappa shape index (κ1) is 75.9. The van der Waals surface area contributed by atoms with Gasteiger partial charge in [0, 0.05) is 19.3 Å². The average molecular weight is 1100 g/mol. The number of hydrogen-bond acceptors (Lipinski definition) is 6. The smallest absolute Gasteiger partial charge is 0.306 e. The first-order chi connectivity index (χ1) is 38.5. The minimum atomic E-state index is -0.763. The second-order valence-electron chi connectivity index (χ2n) is 24.2. The molecule has 0 aromatic carbocycles. The van der Waals surface area contributed by atoms with Crippen LogP contribution in [0.1, 0.15) is 400 Å². The van der Waals surface area contributed by atoms with Crippen molar-refractivity contribution in [1.82, 2.24) is 0 Å². The normalized spacial score (nSPS) is 12.1. The van der Waals surface area contributed by atoms with Gasteiger partial charge in [-0.2, -0.15) is 0 Å². The second-order valence-corrected chi connectivity index (χ2v) is 24.2. The van der Waals surface area contributed by atoms with Crippen molar-refractivity contribution >= 4 is 17.9 Å². The van der Waals surface area contributed by atoms with Crippen LogP contribution in [-0.2, 0) is 28.6 Å². The van der Waals surface area contributed by atoms with Gasteiger partial charge in [-0.3, -0.25) is 14.4 Å². The van der Waals surface area contributed by atoms with Crippen LogP contribution in [0, 0.1) is 0 Å². The third kappa shape index (κ3) is 64.7. The lowest BCUT2D eigenvalue weighted by atomic mass is 10.0. The molecule has 0 spiro atoms. The van der Waals surface area contributed by atoms with E-state index in [0.717, 1.165) is 70.6 Å². The van der Waals surface area contributed by atoms with Crippen molar-refractivity contribution < 1.29 is 28.6 Å². The fraction of sp³-hybridized carbons (Fsp3) is 0.903. The molecule has 78 heavy (non-hydrogen) atoms. The van der Waals surface area contributed by atoms with Crippen molar-refractivity contribution in [2.75, 3.05) is 13.2 Å². The predicted molar refractivity (Wildman–Crippen MR) is 340 cm³/mol. The Hall–Kier alpha value is -2.11. The van der Waals surface area contributed by atoms with E-state index < -0.39 is 6.10 Å². The quantitative estimate of drug-likeness (QED) is 0.0261. The van der Waals surface area contributed by atoms with Gasteiger partial charge in [0.2, 0.25) is 0 Å². The lowest BCUT2D eigenvalue weighted by Gasteiger charge is -2.18. The molecule has 0 amide bonds. The van der Waals surface area contributed by atoms with Crippen LogP contribution < -0.4 is 0 Å². The summed E-state index contributed by atoms with van der Waals surface area (Å²) in [6.45, 7) is 6.62. The van der Waals surface area contributed by atoms with Crippen molar-refractivity contribution in [3.8, 4) is 0 Å². The molecule has 1 atom stereocenters. The highest BCUT2D eigenvalue weighted by atomic mass is 16.6. The van der Waals surface area contributed by atoms with Crippen LogP contribution >= 0.6 is 0 Å². The summed E-state index contributed by atoms with van der Waals surface area (Å²) in [5.41, 5.74) is 0. The topological polar surface area (TPSA) is 78.9 Å². The molecule has 0 bridgehead atoms. The lowest BCUT2D eigenvalue weighted by Crippen LogP contribution is -2.30. The molecule has 0 rings (SSSR count). The van der Waals surface area contributed by atoms with Crippen LogP contribution in [0.15, 0.2) is 24.3 Å². The molecule has 6 nitrogen and oxygen atoms in total. The Kier molecular flexibility index (Phi) is 65.6. The lowest BCUT2D eigenvalue weighted by molar-refractivity contribution is -0.167. The molecule has 0 aliphatic heterocycles. The summed E-state index contributed by atoms with van der Waals surface area (Å²) in [6, 6.07) is 0. The van der Waals surface area contributed by atoms with E-state index in [0.29, 0.717) is 19.3 Å². The molecule has 0 aliphatic carbocycles. The molecule has 0 aliphatic rings. The summed E-state index contributed by atoms with van der Waals surface area (Å²) in [5.74, 6) is -0.849. The van der Waals surface area contributed by atoms with Gasteiger partial charge in [0.1, 0.15) is 13.2 Å². The number of rotatable bonds is 66. The largest absolute Gasteiger partial charge is 0.462 e. The van der Waals surface area contributed by atoms with Gasteiger partial charge in [-0.05, 0) is 51.4 Å². The van der Waals surface area contributed by atoms with Gasteiger partial charge in [0.15, 0.2) is 6.10 Å². The van der Waals surface area contributed by atoms with Crippen LogP contribution in [-0.4, -0.2) is 37.2 Å². The third-order valence-electron chi connectivity index (χ3n) is 16.2. The maximum Gasteiger partial charge on any atom is 0.306 e. The predicted octanol–water partition coefficient (Wildman–Crippen LogP) is 24.2. The minimum absolute atomic E-state index is 0.0643. The van der Waals surface area contributed by atoms with Crippen LogP contribution in [0.3, 0.4) is 0 Å². The Morgan fingerprint density at radius 3 is 0.705 bits per heavy atom. The van der Waals surface area contributed by atoms with E-state index in [1.54, 1.807) is 0 Å². The fourth-order valence-electron chi connectivity index (χ4n) is 10.9. The van der Waals surface area contributed by atoms with Crippen LogP contribution in [0.2, 0.25) is 0 Å². The summed E-state index contributed by atoms with van der Waals surface area (Å²) in [7, 11) is 0. The second kappa shape index (κ2) is 67.4. The molecule has 1 unspecified atom stereocenters. The van der Waals surface area contributed by atoms with E-state index in [-0.39, 0.29) is 31.1 Å². The van der Waals surface area contributed by atoms with E-state index in [1.807, 2.05) is 0 Å². The van der Waals surface area contributed by atoms with Gasteiger partial charge in [-0.25, -0.2) is 0 Å². The van der Waals surface area contributed by atoms with Crippen molar-refractivity contribution in [1.29, 1.82) is 0 Å².